The first-order valence-corrected chi connectivity index (χ1v) is 3.58. The van der Waals surface area contributed by atoms with Crippen LogP contribution in [0.5, 0.6) is 0 Å². The topological polar surface area (TPSA) is 46.5 Å². The van der Waals surface area contributed by atoms with Gasteiger partial charge in [0.2, 0.25) is 0 Å². The second-order valence-electron chi connectivity index (χ2n) is 2.70. The number of aryl methyl sites for hydroxylation is 2. The van der Waals surface area contributed by atoms with Crippen molar-refractivity contribution < 1.29 is 14.9 Å². The van der Waals surface area contributed by atoms with Crippen LogP contribution in [0.15, 0.2) is 18.2 Å². The summed E-state index contributed by atoms with van der Waals surface area (Å²) in [4.78, 5) is 14.5. The number of carbonyl (C=O) groups is 1. The van der Waals surface area contributed by atoms with Crippen molar-refractivity contribution in [2.45, 2.75) is 13.8 Å². The summed E-state index contributed by atoms with van der Waals surface area (Å²) in [5.74, 6) is -0.715. The maximum atomic E-state index is 10.9. The lowest BCUT2D eigenvalue weighted by atomic mass is 10.1. The van der Waals surface area contributed by atoms with Gasteiger partial charge in [-0.15, -0.1) is 0 Å². The van der Waals surface area contributed by atoms with E-state index in [-0.39, 0.29) is 0 Å². The average Bonchev–Trinajstić information content (AvgIpc) is 2.03. The van der Waals surface area contributed by atoms with Gasteiger partial charge in [-0.05, 0) is 25.5 Å². The molecule has 0 aliphatic heterocycles. The molecular weight excluding hydrogens is 156 g/mol. The number of carbonyl (C=O) groups excluding carboxylic acids is 1. The third kappa shape index (κ3) is 1.62. The normalized spacial score (nSPS) is 9.58. The van der Waals surface area contributed by atoms with Crippen LogP contribution in [0.1, 0.15) is 21.5 Å². The van der Waals surface area contributed by atoms with Crippen LogP contribution in [-0.2, 0) is 4.89 Å². The van der Waals surface area contributed by atoms with Crippen LogP contribution in [0.3, 0.4) is 0 Å². The predicted octanol–water partition coefficient (Wildman–Crippen LogP) is 1.93. The largest absolute Gasteiger partial charge is 0.373 e. The summed E-state index contributed by atoms with van der Waals surface area (Å²) in [5.41, 5.74) is 2.26. The second kappa shape index (κ2) is 3.36. The Hall–Kier alpha value is -1.35. The van der Waals surface area contributed by atoms with Gasteiger partial charge < -0.3 is 0 Å². The molecule has 0 aliphatic rings. The predicted molar refractivity (Wildman–Crippen MR) is 44.0 cm³/mol. The van der Waals surface area contributed by atoms with E-state index in [1.54, 1.807) is 19.1 Å². The fourth-order valence-electron chi connectivity index (χ4n) is 1.09. The van der Waals surface area contributed by atoms with E-state index in [9.17, 15) is 4.79 Å². The molecule has 0 spiro atoms. The molecule has 0 saturated heterocycles. The number of rotatable bonds is 1. The molecule has 0 radical (unpaired) electrons. The maximum absolute atomic E-state index is 10.9. The molecule has 0 aliphatic carbocycles. The lowest BCUT2D eigenvalue weighted by Crippen LogP contribution is -2.03. The van der Waals surface area contributed by atoms with Gasteiger partial charge >= 0.3 is 5.97 Å². The molecule has 1 rings (SSSR count). The van der Waals surface area contributed by atoms with Crippen molar-refractivity contribution in [2.75, 3.05) is 0 Å². The van der Waals surface area contributed by atoms with E-state index in [0.29, 0.717) is 5.56 Å². The van der Waals surface area contributed by atoms with E-state index in [0.717, 1.165) is 11.1 Å². The number of hydrogen-bond donors (Lipinski definition) is 1. The van der Waals surface area contributed by atoms with Gasteiger partial charge in [0.05, 0.1) is 5.56 Å². The molecule has 0 bridgehead atoms. The van der Waals surface area contributed by atoms with E-state index in [1.165, 1.54) is 0 Å². The van der Waals surface area contributed by atoms with Crippen molar-refractivity contribution in [3.8, 4) is 0 Å². The zero-order valence-corrected chi connectivity index (χ0v) is 7.00. The van der Waals surface area contributed by atoms with Crippen LogP contribution in [-0.4, -0.2) is 11.2 Å². The van der Waals surface area contributed by atoms with Crippen LogP contribution in [0.25, 0.3) is 0 Å². The third-order valence-electron chi connectivity index (χ3n) is 1.68. The lowest BCUT2D eigenvalue weighted by molar-refractivity contribution is -0.182. The Labute approximate surface area is 70.5 Å². The van der Waals surface area contributed by atoms with E-state index in [2.05, 4.69) is 4.89 Å². The first-order valence-electron chi connectivity index (χ1n) is 3.58. The van der Waals surface area contributed by atoms with E-state index < -0.39 is 5.97 Å². The number of hydrogen-bond acceptors (Lipinski definition) is 3. The van der Waals surface area contributed by atoms with Crippen LogP contribution in [0.2, 0.25) is 0 Å². The van der Waals surface area contributed by atoms with Crippen LogP contribution in [0, 0.1) is 13.8 Å². The molecule has 0 saturated carbocycles. The molecule has 0 atom stereocenters. The van der Waals surface area contributed by atoms with Crippen molar-refractivity contribution in [2.24, 2.45) is 0 Å². The molecular formula is C9H10O3. The molecule has 1 aromatic carbocycles. The molecule has 64 valence electrons. The highest BCUT2D eigenvalue weighted by Gasteiger charge is 2.09. The highest BCUT2D eigenvalue weighted by molar-refractivity contribution is 5.90. The van der Waals surface area contributed by atoms with Crippen molar-refractivity contribution >= 4 is 5.97 Å². The monoisotopic (exact) mass is 166 g/mol. The van der Waals surface area contributed by atoms with Crippen LogP contribution < -0.4 is 0 Å². The summed E-state index contributed by atoms with van der Waals surface area (Å²) in [7, 11) is 0. The Kier molecular flexibility index (Phi) is 2.45. The Morgan fingerprint density at radius 2 is 2.08 bits per heavy atom. The lowest BCUT2D eigenvalue weighted by Gasteiger charge is -2.01. The van der Waals surface area contributed by atoms with Gasteiger partial charge in [-0.1, -0.05) is 17.7 Å². The summed E-state index contributed by atoms with van der Waals surface area (Å²) in [6, 6.07) is 5.27. The van der Waals surface area contributed by atoms with Gasteiger partial charge in [0.15, 0.2) is 0 Å². The van der Waals surface area contributed by atoms with Crippen LogP contribution in [0.4, 0.5) is 0 Å². The maximum Gasteiger partial charge on any atom is 0.373 e. The summed E-state index contributed by atoms with van der Waals surface area (Å²) in [5, 5.41) is 8.13. The molecule has 1 aromatic rings. The van der Waals surface area contributed by atoms with Gasteiger partial charge in [-0.25, -0.2) is 4.79 Å². The van der Waals surface area contributed by atoms with Gasteiger partial charge in [-0.3, -0.25) is 4.89 Å². The second-order valence-corrected chi connectivity index (χ2v) is 2.70. The fraction of sp³-hybridized carbons (Fsp3) is 0.222. The Morgan fingerprint density at radius 1 is 1.42 bits per heavy atom. The smallest absolute Gasteiger partial charge is 0.295 e. The molecule has 12 heavy (non-hydrogen) atoms. The fourth-order valence-corrected chi connectivity index (χ4v) is 1.09. The molecule has 3 heteroatoms. The Bertz CT molecular complexity index is 305. The quantitative estimate of drug-likeness (QED) is 0.512. The van der Waals surface area contributed by atoms with Crippen LogP contribution >= 0.6 is 0 Å². The molecule has 0 heterocycles. The molecule has 0 unspecified atom stereocenters. The third-order valence-corrected chi connectivity index (χ3v) is 1.68. The summed E-state index contributed by atoms with van der Waals surface area (Å²) < 4.78 is 0. The van der Waals surface area contributed by atoms with Gasteiger partial charge in [0.1, 0.15) is 0 Å². The van der Waals surface area contributed by atoms with Gasteiger partial charge in [0.25, 0.3) is 0 Å². The van der Waals surface area contributed by atoms with Gasteiger partial charge in [0, 0.05) is 0 Å². The minimum Gasteiger partial charge on any atom is -0.295 e. The molecule has 0 aromatic heterocycles. The first-order chi connectivity index (χ1) is 5.65. The highest BCUT2D eigenvalue weighted by atomic mass is 17.1. The molecule has 3 nitrogen and oxygen atoms in total. The molecule has 1 N–H and O–H groups in total. The average molecular weight is 166 g/mol. The van der Waals surface area contributed by atoms with E-state index >= 15 is 0 Å². The standard InChI is InChI=1S/C9H10O3/c1-6-3-4-8(7(2)5-6)9(10)12-11/h3-5,11H,1-2H3. The van der Waals surface area contributed by atoms with Crippen molar-refractivity contribution in [3.05, 3.63) is 34.9 Å². The van der Waals surface area contributed by atoms with Crippen molar-refractivity contribution in [1.82, 2.24) is 0 Å². The minimum atomic E-state index is -0.715. The zero-order chi connectivity index (χ0) is 9.14. The molecule has 0 fully saturated rings. The first kappa shape index (κ1) is 8.74. The number of benzene rings is 1. The Balaban J connectivity index is 3.09. The van der Waals surface area contributed by atoms with E-state index in [4.69, 9.17) is 5.26 Å². The van der Waals surface area contributed by atoms with Gasteiger partial charge in [-0.2, -0.15) is 5.26 Å². The zero-order valence-electron chi connectivity index (χ0n) is 7.00. The Morgan fingerprint density at radius 3 is 2.58 bits per heavy atom. The minimum absolute atomic E-state index is 0.392. The summed E-state index contributed by atoms with van der Waals surface area (Å²) in [6.07, 6.45) is 0. The molecule has 0 amide bonds. The highest BCUT2D eigenvalue weighted by Crippen LogP contribution is 2.10. The summed E-state index contributed by atoms with van der Waals surface area (Å²) in [6.45, 7) is 3.72. The van der Waals surface area contributed by atoms with Crippen molar-refractivity contribution in [1.29, 1.82) is 0 Å². The SMILES string of the molecule is Cc1ccc(C(=O)OO)c(C)c1. The van der Waals surface area contributed by atoms with Crippen molar-refractivity contribution in [3.63, 3.8) is 0 Å². The summed E-state index contributed by atoms with van der Waals surface area (Å²) >= 11 is 0. The van der Waals surface area contributed by atoms with E-state index in [1.807, 2.05) is 13.0 Å².